The minimum atomic E-state index is -0.134. The lowest BCUT2D eigenvalue weighted by Crippen LogP contribution is -2.24. The number of aryl methyl sites for hydroxylation is 1. The maximum Gasteiger partial charge on any atom is 0.286 e. The van der Waals surface area contributed by atoms with Crippen LogP contribution in [0.15, 0.2) is 16.5 Å². The van der Waals surface area contributed by atoms with Crippen LogP contribution >= 0.6 is 0 Å². The zero-order chi connectivity index (χ0) is 12.7. The van der Waals surface area contributed by atoms with Crippen LogP contribution in [-0.2, 0) is 6.42 Å². The molecule has 0 saturated carbocycles. The number of hydrogen-bond acceptors (Lipinski definition) is 3. The second kappa shape index (κ2) is 7.12. The zero-order valence-electron chi connectivity index (χ0n) is 10.7. The van der Waals surface area contributed by atoms with Crippen LogP contribution < -0.4 is 11.1 Å². The van der Waals surface area contributed by atoms with Crippen LogP contribution in [0.3, 0.4) is 0 Å². The Balaban J connectivity index is 2.25. The first-order valence-corrected chi connectivity index (χ1v) is 6.24. The van der Waals surface area contributed by atoms with E-state index < -0.39 is 0 Å². The maximum absolute atomic E-state index is 11.7. The molecule has 0 bridgehead atoms. The molecule has 0 radical (unpaired) electrons. The molecule has 1 aromatic heterocycles. The number of rotatable bonds is 7. The van der Waals surface area contributed by atoms with E-state index in [-0.39, 0.29) is 5.91 Å². The molecule has 0 aliphatic heterocycles. The highest BCUT2D eigenvalue weighted by Gasteiger charge is 2.09. The lowest BCUT2D eigenvalue weighted by Gasteiger charge is -2.07. The standard InChI is InChI=1S/C13H22N2O2/c1-3-11-6-7-12(17-11)13(16)15-8-4-5-10(2)9-14/h6-7,10H,3-5,8-9,14H2,1-2H3,(H,15,16). The number of nitrogens with two attached hydrogens (primary N) is 1. The van der Waals surface area contributed by atoms with Crippen LogP contribution in [0.2, 0.25) is 0 Å². The Morgan fingerprint density at radius 1 is 1.53 bits per heavy atom. The lowest BCUT2D eigenvalue weighted by atomic mass is 10.1. The Bertz CT molecular complexity index is 347. The maximum atomic E-state index is 11.7. The van der Waals surface area contributed by atoms with Crippen LogP contribution in [0.25, 0.3) is 0 Å². The topological polar surface area (TPSA) is 68.3 Å². The fourth-order valence-corrected chi connectivity index (χ4v) is 1.55. The van der Waals surface area contributed by atoms with Crippen molar-refractivity contribution < 1.29 is 9.21 Å². The molecule has 0 spiro atoms. The van der Waals surface area contributed by atoms with Crippen LogP contribution in [0.4, 0.5) is 0 Å². The van der Waals surface area contributed by atoms with Crippen molar-refractivity contribution in [3.63, 3.8) is 0 Å². The molecular weight excluding hydrogens is 216 g/mol. The van der Waals surface area contributed by atoms with Crippen LogP contribution in [0.5, 0.6) is 0 Å². The first-order chi connectivity index (χ1) is 8.17. The highest BCUT2D eigenvalue weighted by atomic mass is 16.3. The Labute approximate surface area is 103 Å². The average Bonchev–Trinajstić information content (AvgIpc) is 2.82. The SMILES string of the molecule is CCc1ccc(C(=O)NCCCC(C)CN)o1. The minimum absolute atomic E-state index is 0.134. The van der Waals surface area contributed by atoms with Crippen molar-refractivity contribution in [1.82, 2.24) is 5.32 Å². The van der Waals surface area contributed by atoms with Crippen molar-refractivity contribution in [1.29, 1.82) is 0 Å². The summed E-state index contributed by atoms with van der Waals surface area (Å²) in [5.74, 6) is 1.62. The molecule has 0 saturated heterocycles. The van der Waals surface area contributed by atoms with Gasteiger partial charge in [-0.3, -0.25) is 4.79 Å². The van der Waals surface area contributed by atoms with Gasteiger partial charge in [0.2, 0.25) is 0 Å². The molecule has 1 heterocycles. The van der Waals surface area contributed by atoms with Gasteiger partial charge in [0.25, 0.3) is 5.91 Å². The normalized spacial score (nSPS) is 12.4. The molecule has 0 aromatic carbocycles. The number of carbonyl (C=O) groups excluding carboxylic acids is 1. The van der Waals surface area contributed by atoms with Crippen LogP contribution in [0, 0.1) is 5.92 Å². The van der Waals surface area contributed by atoms with Crippen molar-refractivity contribution >= 4 is 5.91 Å². The summed E-state index contributed by atoms with van der Waals surface area (Å²) in [4.78, 5) is 11.7. The Morgan fingerprint density at radius 3 is 2.88 bits per heavy atom. The smallest absolute Gasteiger partial charge is 0.286 e. The van der Waals surface area contributed by atoms with Gasteiger partial charge >= 0.3 is 0 Å². The first-order valence-electron chi connectivity index (χ1n) is 6.24. The summed E-state index contributed by atoms with van der Waals surface area (Å²) >= 11 is 0. The van der Waals surface area contributed by atoms with E-state index in [4.69, 9.17) is 10.2 Å². The van der Waals surface area contributed by atoms with Crippen molar-refractivity contribution in [3.05, 3.63) is 23.7 Å². The molecule has 0 aliphatic carbocycles. The summed E-state index contributed by atoms with van der Waals surface area (Å²) in [7, 11) is 0. The summed E-state index contributed by atoms with van der Waals surface area (Å²) in [6.45, 7) is 5.48. The Kier molecular flexibility index (Phi) is 5.77. The van der Waals surface area contributed by atoms with E-state index in [0.29, 0.717) is 24.8 Å². The molecule has 1 rings (SSSR count). The van der Waals surface area contributed by atoms with E-state index in [1.54, 1.807) is 6.07 Å². The van der Waals surface area contributed by atoms with Gasteiger partial charge in [-0.25, -0.2) is 0 Å². The number of amides is 1. The second-order valence-electron chi connectivity index (χ2n) is 4.36. The van der Waals surface area contributed by atoms with Crippen molar-refractivity contribution in [3.8, 4) is 0 Å². The van der Waals surface area contributed by atoms with Gasteiger partial charge in [0.05, 0.1) is 0 Å². The second-order valence-corrected chi connectivity index (χ2v) is 4.36. The predicted molar refractivity (Wildman–Crippen MR) is 67.9 cm³/mol. The first kappa shape index (κ1) is 13.8. The molecule has 1 unspecified atom stereocenters. The highest BCUT2D eigenvalue weighted by molar-refractivity contribution is 5.91. The molecule has 1 aromatic rings. The van der Waals surface area contributed by atoms with Gasteiger partial charge in [-0.05, 0) is 37.4 Å². The largest absolute Gasteiger partial charge is 0.456 e. The molecule has 0 fully saturated rings. The van der Waals surface area contributed by atoms with Gasteiger partial charge in [-0.15, -0.1) is 0 Å². The number of nitrogens with one attached hydrogen (secondary N) is 1. The highest BCUT2D eigenvalue weighted by Crippen LogP contribution is 2.08. The minimum Gasteiger partial charge on any atom is -0.456 e. The Morgan fingerprint density at radius 2 is 2.29 bits per heavy atom. The number of carbonyl (C=O) groups is 1. The molecule has 4 heteroatoms. The predicted octanol–water partition coefficient (Wildman–Crippen LogP) is 1.95. The van der Waals surface area contributed by atoms with Gasteiger partial charge in [-0.1, -0.05) is 13.8 Å². The third-order valence-electron chi connectivity index (χ3n) is 2.80. The molecule has 1 atom stereocenters. The van der Waals surface area contributed by atoms with Gasteiger partial charge in [-0.2, -0.15) is 0 Å². The van der Waals surface area contributed by atoms with Crippen molar-refractivity contribution in [2.45, 2.75) is 33.1 Å². The van der Waals surface area contributed by atoms with E-state index in [9.17, 15) is 4.79 Å². The number of furan rings is 1. The van der Waals surface area contributed by atoms with Crippen molar-refractivity contribution in [2.24, 2.45) is 11.7 Å². The van der Waals surface area contributed by atoms with Crippen LogP contribution in [-0.4, -0.2) is 19.0 Å². The van der Waals surface area contributed by atoms with Gasteiger partial charge in [0.15, 0.2) is 5.76 Å². The summed E-state index contributed by atoms with van der Waals surface area (Å²) < 4.78 is 5.36. The van der Waals surface area contributed by atoms with E-state index in [2.05, 4.69) is 12.2 Å². The molecular formula is C13H22N2O2. The molecule has 4 nitrogen and oxygen atoms in total. The summed E-state index contributed by atoms with van der Waals surface area (Å²) in [5.41, 5.74) is 5.52. The van der Waals surface area contributed by atoms with Crippen molar-refractivity contribution in [2.75, 3.05) is 13.1 Å². The molecule has 1 amide bonds. The molecule has 17 heavy (non-hydrogen) atoms. The van der Waals surface area contributed by atoms with Gasteiger partial charge in [0.1, 0.15) is 5.76 Å². The molecule has 3 N–H and O–H groups in total. The molecule has 96 valence electrons. The van der Waals surface area contributed by atoms with E-state index in [0.717, 1.165) is 25.0 Å². The van der Waals surface area contributed by atoms with Gasteiger partial charge < -0.3 is 15.5 Å². The fraction of sp³-hybridized carbons (Fsp3) is 0.615. The number of hydrogen-bond donors (Lipinski definition) is 2. The summed E-state index contributed by atoms with van der Waals surface area (Å²) in [6.07, 6.45) is 2.79. The molecule has 0 aliphatic rings. The van der Waals surface area contributed by atoms with E-state index >= 15 is 0 Å². The Hall–Kier alpha value is -1.29. The third kappa shape index (κ3) is 4.61. The van der Waals surface area contributed by atoms with E-state index in [1.165, 1.54) is 0 Å². The lowest BCUT2D eigenvalue weighted by molar-refractivity contribution is 0.0923. The summed E-state index contributed by atoms with van der Waals surface area (Å²) in [6, 6.07) is 3.56. The summed E-state index contributed by atoms with van der Waals surface area (Å²) in [5, 5.41) is 2.84. The average molecular weight is 238 g/mol. The quantitative estimate of drug-likeness (QED) is 0.713. The third-order valence-corrected chi connectivity index (χ3v) is 2.80. The fourth-order valence-electron chi connectivity index (χ4n) is 1.55. The monoisotopic (exact) mass is 238 g/mol. The van der Waals surface area contributed by atoms with Gasteiger partial charge in [0, 0.05) is 13.0 Å². The van der Waals surface area contributed by atoms with Crippen LogP contribution in [0.1, 0.15) is 43.0 Å². The van der Waals surface area contributed by atoms with E-state index in [1.807, 2.05) is 13.0 Å². The zero-order valence-corrected chi connectivity index (χ0v) is 10.7.